The van der Waals surface area contributed by atoms with Crippen LogP contribution >= 0.6 is 15.9 Å². The van der Waals surface area contributed by atoms with E-state index in [2.05, 4.69) is 15.9 Å². The summed E-state index contributed by atoms with van der Waals surface area (Å²) >= 11 is 3.11. The second-order valence-corrected chi connectivity index (χ2v) is 3.00. The summed E-state index contributed by atoms with van der Waals surface area (Å²) in [6, 6.07) is 1.88. The molecule has 1 aromatic rings. The lowest BCUT2D eigenvalue weighted by Gasteiger charge is -1.97. The van der Waals surface area contributed by atoms with E-state index in [-0.39, 0.29) is 0 Å². The molecule has 0 amide bonds. The van der Waals surface area contributed by atoms with Crippen LogP contribution in [0.25, 0.3) is 6.08 Å². The van der Waals surface area contributed by atoms with Crippen LogP contribution in [0.15, 0.2) is 18.2 Å². The highest BCUT2D eigenvalue weighted by Crippen LogP contribution is 2.14. The van der Waals surface area contributed by atoms with Crippen molar-refractivity contribution in [2.24, 2.45) is 0 Å². The van der Waals surface area contributed by atoms with E-state index in [1.807, 2.05) is 0 Å². The molecule has 0 N–H and O–H groups in total. The first-order chi connectivity index (χ1) is 6.15. The lowest BCUT2D eigenvalue weighted by Crippen LogP contribution is -1.90. The second kappa shape index (κ2) is 4.46. The molecule has 0 aliphatic rings. The zero-order chi connectivity index (χ0) is 9.84. The van der Waals surface area contributed by atoms with Crippen molar-refractivity contribution in [1.29, 1.82) is 0 Å². The highest BCUT2D eigenvalue weighted by molar-refractivity contribution is 9.09. The number of allylic oxidation sites excluding steroid dienone is 1. The van der Waals surface area contributed by atoms with E-state index < -0.39 is 17.5 Å². The van der Waals surface area contributed by atoms with Crippen molar-refractivity contribution in [2.75, 3.05) is 5.33 Å². The summed E-state index contributed by atoms with van der Waals surface area (Å²) in [5, 5.41) is 0.577. The van der Waals surface area contributed by atoms with Crippen molar-refractivity contribution in [3.05, 3.63) is 41.2 Å². The largest absolute Gasteiger partial charge is 0.204 e. The van der Waals surface area contributed by atoms with Gasteiger partial charge in [-0.05, 0) is 17.7 Å². The maximum atomic E-state index is 12.6. The summed E-state index contributed by atoms with van der Waals surface area (Å²) in [5.41, 5.74) is 0.302. The van der Waals surface area contributed by atoms with E-state index in [1.54, 1.807) is 6.08 Å². The van der Waals surface area contributed by atoms with E-state index in [9.17, 15) is 13.2 Å². The topological polar surface area (TPSA) is 0 Å². The van der Waals surface area contributed by atoms with Crippen LogP contribution in [0, 0.1) is 17.5 Å². The van der Waals surface area contributed by atoms with Crippen LogP contribution < -0.4 is 0 Å². The molecule has 0 atom stereocenters. The van der Waals surface area contributed by atoms with Gasteiger partial charge in [0.05, 0.1) is 0 Å². The van der Waals surface area contributed by atoms with Crippen molar-refractivity contribution < 1.29 is 13.2 Å². The van der Waals surface area contributed by atoms with E-state index >= 15 is 0 Å². The quantitative estimate of drug-likeness (QED) is 0.557. The molecule has 0 saturated carbocycles. The first kappa shape index (κ1) is 10.3. The molecule has 0 aliphatic carbocycles. The number of hydrogen-bond acceptors (Lipinski definition) is 0. The molecule has 0 spiro atoms. The van der Waals surface area contributed by atoms with Gasteiger partial charge >= 0.3 is 0 Å². The number of alkyl halides is 1. The molecule has 4 heteroatoms. The first-order valence-corrected chi connectivity index (χ1v) is 4.64. The van der Waals surface area contributed by atoms with Gasteiger partial charge in [0.25, 0.3) is 0 Å². The smallest absolute Gasteiger partial charge is 0.194 e. The summed E-state index contributed by atoms with van der Waals surface area (Å²) < 4.78 is 37.7. The van der Waals surface area contributed by atoms with Crippen molar-refractivity contribution >= 4 is 22.0 Å². The Labute approximate surface area is 82.2 Å². The fourth-order valence-electron chi connectivity index (χ4n) is 0.852. The maximum Gasteiger partial charge on any atom is 0.194 e. The van der Waals surface area contributed by atoms with Gasteiger partial charge in [0.1, 0.15) is 0 Å². The van der Waals surface area contributed by atoms with Gasteiger partial charge in [-0.25, -0.2) is 13.2 Å². The van der Waals surface area contributed by atoms with Gasteiger partial charge in [-0.15, -0.1) is 0 Å². The van der Waals surface area contributed by atoms with Crippen LogP contribution in [-0.2, 0) is 0 Å². The first-order valence-electron chi connectivity index (χ1n) is 3.52. The lowest BCUT2D eigenvalue weighted by atomic mass is 10.2. The average Bonchev–Trinajstić information content (AvgIpc) is 2.10. The third-order valence-corrected chi connectivity index (χ3v) is 1.78. The fraction of sp³-hybridized carbons (Fsp3) is 0.111. The van der Waals surface area contributed by atoms with E-state index in [4.69, 9.17) is 0 Å². The predicted molar refractivity (Wildman–Crippen MR) is 49.1 cm³/mol. The molecule has 0 radical (unpaired) electrons. The normalized spacial score (nSPS) is 11.1. The zero-order valence-electron chi connectivity index (χ0n) is 6.53. The summed E-state index contributed by atoms with van der Waals surface area (Å²) in [5.74, 6) is -3.78. The second-order valence-electron chi connectivity index (χ2n) is 2.36. The number of halogens is 4. The van der Waals surface area contributed by atoms with Gasteiger partial charge in [-0.1, -0.05) is 28.1 Å². The van der Waals surface area contributed by atoms with Gasteiger partial charge in [0.15, 0.2) is 17.5 Å². The highest BCUT2D eigenvalue weighted by atomic mass is 79.9. The minimum Gasteiger partial charge on any atom is -0.204 e. The van der Waals surface area contributed by atoms with Crippen LogP contribution in [0.4, 0.5) is 13.2 Å². The molecular weight excluding hydrogens is 245 g/mol. The number of benzene rings is 1. The SMILES string of the molecule is Fc1cc(/C=C/CBr)cc(F)c1F. The molecule has 1 rings (SSSR count). The molecule has 0 fully saturated rings. The van der Waals surface area contributed by atoms with Gasteiger partial charge in [-0.2, -0.15) is 0 Å². The van der Waals surface area contributed by atoms with Gasteiger partial charge < -0.3 is 0 Å². The molecule has 1 aromatic carbocycles. The Balaban J connectivity index is 3.06. The molecule has 0 aromatic heterocycles. The Hall–Kier alpha value is -0.770. The minimum atomic E-state index is -1.43. The molecule has 0 unspecified atom stereocenters. The summed E-state index contributed by atoms with van der Waals surface area (Å²) in [7, 11) is 0. The Kier molecular flexibility index (Phi) is 3.54. The number of hydrogen-bond donors (Lipinski definition) is 0. The standard InChI is InChI=1S/C9H6BrF3/c10-3-1-2-6-4-7(11)9(13)8(12)5-6/h1-2,4-5H,3H2/b2-1+. The Bertz CT molecular complexity index is 311. The van der Waals surface area contributed by atoms with Crippen LogP contribution in [-0.4, -0.2) is 5.33 Å². The lowest BCUT2D eigenvalue weighted by molar-refractivity contribution is 0.447. The van der Waals surface area contributed by atoms with Gasteiger partial charge in [0, 0.05) is 5.33 Å². The molecule has 0 nitrogen and oxygen atoms in total. The zero-order valence-corrected chi connectivity index (χ0v) is 8.11. The number of rotatable bonds is 2. The van der Waals surface area contributed by atoms with Crippen LogP contribution in [0.3, 0.4) is 0 Å². The van der Waals surface area contributed by atoms with Crippen molar-refractivity contribution in [2.45, 2.75) is 0 Å². The molecule has 0 heterocycles. The van der Waals surface area contributed by atoms with Crippen molar-refractivity contribution in [1.82, 2.24) is 0 Å². The Morgan fingerprint density at radius 1 is 1.15 bits per heavy atom. The van der Waals surface area contributed by atoms with E-state index in [1.165, 1.54) is 6.08 Å². The van der Waals surface area contributed by atoms with Gasteiger partial charge in [0.2, 0.25) is 0 Å². The molecule has 0 saturated heterocycles. The predicted octanol–water partition coefficient (Wildman–Crippen LogP) is 3.51. The summed E-state index contributed by atoms with van der Waals surface area (Å²) in [6.07, 6.45) is 3.16. The third kappa shape index (κ3) is 2.59. The molecular formula is C9H6BrF3. The molecule has 70 valence electrons. The van der Waals surface area contributed by atoms with Crippen LogP contribution in [0.5, 0.6) is 0 Å². The van der Waals surface area contributed by atoms with E-state index in [0.717, 1.165) is 12.1 Å². The fourth-order valence-corrected chi connectivity index (χ4v) is 1.04. The molecule has 0 bridgehead atoms. The third-order valence-electron chi connectivity index (χ3n) is 1.41. The minimum absolute atomic E-state index is 0.302. The summed E-state index contributed by atoms with van der Waals surface area (Å²) in [6.45, 7) is 0. The van der Waals surface area contributed by atoms with Crippen molar-refractivity contribution in [3.63, 3.8) is 0 Å². The van der Waals surface area contributed by atoms with Crippen LogP contribution in [0.1, 0.15) is 5.56 Å². The molecule has 13 heavy (non-hydrogen) atoms. The Morgan fingerprint density at radius 3 is 2.15 bits per heavy atom. The highest BCUT2D eigenvalue weighted by Gasteiger charge is 2.08. The van der Waals surface area contributed by atoms with Crippen LogP contribution in [0.2, 0.25) is 0 Å². The van der Waals surface area contributed by atoms with Crippen molar-refractivity contribution in [3.8, 4) is 0 Å². The monoisotopic (exact) mass is 250 g/mol. The summed E-state index contributed by atoms with van der Waals surface area (Å²) in [4.78, 5) is 0. The molecule has 0 aliphatic heterocycles. The van der Waals surface area contributed by atoms with E-state index in [0.29, 0.717) is 10.9 Å². The maximum absolute atomic E-state index is 12.6. The van der Waals surface area contributed by atoms with Gasteiger partial charge in [-0.3, -0.25) is 0 Å². The Morgan fingerprint density at radius 2 is 1.69 bits per heavy atom. The average molecular weight is 251 g/mol.